The number of hydrogen-bond donors (Lipinski definition) is 0. The zero-order valence-electron chi connectivity index (χ0n) is 6.39. The first-order chi connectivity index (χ1) is 5.08. The van der Waals surface area contributed by atoms with Gasteiger partial charge in [0.2, 0.25) is 0 Å². The van der Waals surface area contributed by atoms with Gasteiger partial charge < -0.3 is 8.97 Å². The second kappa shape index (κ2) is 5.98. The quantitative estimate of drug-likeness (QED) is 0.488. The third kappa shape index (κ3) is 5.93. The third-order valence-electron chi connectivity index (χ3n) is 0.926. The van der Waals surface area contributed by atoms with Crippen LogP contribution in [-0.4, -0.2) is 4.55 Å². The maximum Gasteiger partial charge on any atom is 1.00 e. The van der Waals surface area contributed by atoms with E-state index in [4.69, 9.17) is 4.42 Å². The van der Waals surface area contributed by atoms with E-state index in [0.717, 1.165) is 16.6 Å². The van der Waals surface area contributed by atoms with Crippen LogP contribution in [0.4, 0.5) is 0 Å². The molecule has 12 heavy (non-hydrogen) atoms. The summed E-state index contributed by atoms with van der Waals surface area (Å²) in [7, 11) is 1.05. The van der Waals surface area contributed by atoms with Crippen molar-refractivity contribution >= 4 is 39.6 Å². The molecule has 1 heterocycles. The van der Waals surface area contributed by atoms with Crippen molar-refractivity contribution < 1.29 is 38.5 Å². The maximum absolute atomic E-state index is 10.8. The van der Waals surface area contributed by atoms with Gasteiger partial charge in [-0.3, -0.25) is 0 Å². The molecule has 2 nitrogen and oxygen atoms in total. The summed E-state index contributed by atoms with van der Waals surface area (Å²) in [6.45, 7) is -2.53. The van der Waals surface area contributed by atoms with Crippen molar-refractivity contribution in [2.75, 3.05) is 0 Å². The van der Waals surface area contributed by atoms with Gasteiger partial charge in [-0.05, 0) is 12.1 Å². The fraction of sp³-hybridized carbons (Fsp3) is 0.200. The molecule has 1 aromatic rings. The van der Waals surface area contributed by atoms with E-state index in [0.29, 0.717) is 5.75 Å². The van der Waals surface area contributed by atoms with Crippen molar-refractivity contribution in [2.24, 2.45) is 0 Å². The summed E-state index contributed by atoms with van der Waals surface area (Å²) in [6.07, 6.45) is 1.56. The number of hydrogen-bond acceptors (Lipinski definition) is 5. The monoisotopic (exact) mass is 248 g/mol. The molecule has 1 aromatic heterocycles. The van der Waals surface area contributed by atoms with Gasteiger partial charge in [0.1, 0.15) is 5.76 Å². The molecule has 0 aliphatic rings. The van der Waals surface area contributed by atoms with Crippen LogP contribution in [-0.2, 0) is 34.6 Å². The SMILES string of the molecule is [Na+].[O-]S(=S)(=S)SCc1ccco1. The summed E-state index contributed by atoms with van der Waals surface area (Å²) in [6, 6.07) is 3.56. The van der Waals surface area contributed by atoms with E-state index in [1.807, 2.05) is 0 Å². The molecule has 0 aliphatic carbocycles. The van der Waals surface area contributed by atoms with Crippen LogP contribution in [0.5, 0.6) is 0 Å². The summed E-state index contributed by atoms with van der Waals surface area (Å²) in [5, 5.41) is 0. The Bertz CT molecular complexity index is 304. The molecular weight excluding hydrogens is 243 g/mol. The van der Waals surface area contributed by atoms with Crippen molar-refractivity contribution in [3.8, 4) is 0 Å². The molecule has 0 atom stereocenters. The van der Waals surface area contributed by atoms with Gasteiger partial charge in [0.05, 0.1) is 12.0 Å². The van der Waals surface area contributed by atoms with Crippen molar-refractivity contribution in [2.45, 2.75) is 5.75 Å². The Labute approximate surface area is 107 Å². The molecule has 0 saturated carbocycles. The van der Waals surface area contributed by atoms with Gasteiger partial charge in [0.15, 0.2) is 0 Å². The molecule has 0 spiro atoms. The Morgan fingerprint density at radius 2 is 2.25 bits per heavy atom. The van der Waals surface area contributed by atoms with Crippen LogP contribution in [0.15, 0.2) is 22.8 Å². The molecule has 0 radical (unpaired) electrons. The zero-order chi connectivity index (χ0) is 8.32. The van der Waals surface area contributed by atoms with Crippen LogP contribution in [0.3, 0.4) is 0 Å². The number of rotatable bonds is 3. The molecule has 7 heteroatoms. The largest absolute Gasteiger partial charge is 1.00 e. The Balaban J connectivity index is 0.00000121. The Morgan fingerprint density at radius 3 is 2.67 bits per heavy atom. The minimum atomic E-state index is -2.53. The summed E-state index contributed by atoms with van der Waals surface area (Å²) in [4.78, 5) is 0. The summed E-state index contributed by atoms with van der Waals surface area (Å²) < 4.78 is 15.8. The predicted octanol–water partition coefficient (Wildman–Crippen LogP) is -1.36. The van der Waals surface area contributed by atoms with Gasteiger partial charge in [-0.25, -0.2) is 0 Å². The van der Waals surface area contributed by atoms with Gasteiger partial charge in [-0.15, -0.1) is 6.46 Å². The molecule has 0 N–H and O–H groups in total. The average molecular weight is 248 g/mol. The molecule has 0 aliphatic heterocycles. The minimum Gasteiger partial charge on any atom is -0.782 e. The van der Waals surface area contributed by atoms with Crippen LogP contribution in [0.1, 0.15) is 5.76 Å². The molecule has 1 rings (SSSR count). The smallest absolute Gasteiger partial charge is 0.782 e. The molecule has 0 aromatic carbocycles. The van der Waals surface area contributed by atoms with Gasteiger partial charge in [0.25, 0.3) is 0 Å². The van der Waals surface area contributed by atoms with Crippen molar-refractivity contribution in [1.29, 1.82) is 0 Å². The molecule has 0 unspecified atom stereocenters. The zero-order valence-corrected chi connectivity index (χ0v) is 11.7. The molecule has 0 bridgehead atoms. The molecular formula is C5H5NaO2S4. The van der Waals surface area contributed by atoms with E-state index in [1.54, 1.807) is 18.4 Å². The van der Waals surface area contributed by atoms with Gasteiger partial charge in [-0.1, -0.05) is 33.2 Å². The normalized spacial score (nSPS) is 10.8. The summed E-state index contributed by atoms with van der Waals surface area (Å²) in [5.74, 6) is 1.23. The van der Waals surface area contributed by atoms with E-state index in [-0.39, 0.29) is 29.6 Å². The Kier molecular flexibility index (Phi) is 6.66. The van der Waals surface area contributed by atoms with Crippen LogP contribution in [0.25, 0.3) is 0 Å². The first kappa shape index (κ1) is 13.4. The van der Waals surface area contributed by atoms with Gasteiger partial charge >= 0.3 is 29.6 Å². The second-order valence-corrected chi connectivity index (χ2v) is 9.92. The van der Waals surface area contributed by atoms with Crippen molar-refractivity contribution in [3.63, 3.8) is 0 Å². The van der Waals surface area contributed by atoms with Gasteiger partial charge in [-0.2, -0.15) is 0 Å². The van der Waals surface area contributed by atoms with E-state index < -0.39 is 6.46 Å². The second-order valence-electron chi connectivity index (χ2n) is 1.75. The molecule has 62 valence electrons. The van der Waals surface area contributed by atoms with Gasteiger partial charge in [0, 0.05) is 0 Å². The molecule has 0 amide bonds. The fourth-order valence-electron chi connectivity index (χ4n) is 0.525. The Hall–Kier alpha value is 1.38. The number of furan rings is 1. The predicted molar refractivity (Wildman–Crippen MR) is 52.9 cm³/mol. The third-order valence-corrected chi connectivity index (χ3v) is 4.57. The van der Waals surface area contributed by atoms with Crippen LogP contribution >= 0.6 is 10.8 Å². The Morgan fingerprint density at radius 1 is 1.58 bits per heavy atom. The van der Waals surface area contributed by atoms with E-state index >= 15 is 0 Å². The fourth-order valence-corrected chi connectivity index (χ4v) is 2.60. The van der Waals surface area contributed by atoms with Crippen LogP contribution in [0.2, 0.25) is 0 Å². The van der Waals surface area contributed by atoms with Crippen molar-refractivity contribution in [1.82, 2.24) is 0 Å². The van der Waals surface area contributed by atoms with E-state index in [1.165, 1.54) is 0 Å². The average Bonchev–Trinajstić information content (AvgIpc) is 2.32. The summed E-state index contributed by atoms with van der Waals surface area (Å²) in [5.41, 5.74) is 0. The topological polar surface area (TPSA) is 36.2 Å². The minimum absolute atomic E-state index is 0. The molecule has 0 fully saturated rings. The summed E-state index contributed by atoms with van der Waals surface area (Å²) >= 11 is 9.04. The van der Waals surface area contributed by atoms with Crippen molar-refractivity contribution in [3.05, 3.63) is 24.2 Å². The molecule has 0 saturated heterocycles. The maximum atomic E-state index is 10.8. The van der Waals surface area contributed by atoms with Crippen LogP contribution < -0.4 is 29.6 Å². The van der Waals surface area contributed by atoms with E-state index in [9.17, 15) is 4.55 Å². The first-order valence-corrected chi connectivity index (χ1v) is 7.61. The van der Waals surface area contributed by atoms with E-state index in [2.05, 4.69) is 22.4 Å². The standard InChI is InChI=1S/C5H6O2S4.Na/c6-11(8,9)10-4-5-2-1-3-7-5;/h1-3H,4H2,(H,6,8,9);/q;+1/p-1. The van der Waals surface area contributed by atoms with Crippen LogP contribution in [0, 0.1) is 0 Å². The first-order valence-electron chi connectivity index (χ1n) is 2.70.